The summed E-state index contributed by atoms with van der Waals surface area (Å²) >= 11 is 5.86. The largest absolute Gasteiger partial charge is 0.243 e. The number of aryl methyl sites for hydroxylation is 1. The van der Waals surface area contributed by atoms with Gasteiger partial charge in [0, 0.05) is 24.5 Å². The first kappa shape index (κ1) is 18.4. The highest BCUT2D eigenvalue weighted by Gasteiger charge is 2.38. The van der Waals surface area contributed by atoms with Crippen molar-refractivity contribution in [2.45, 2.75) is 36.8 Å². The third kappa shape index (κ3) is 4.22. The standard InChI is InChI=1S/C19H21ClFNO2S/c1-15-2-8-18(9-3-15)25(23,24)22-12-10-19(21,11-13-22)14-16-4-6-17(20)7-5-16/h2-9H,10-14H2,1H3. The van der Waals surface area contributed by atoms with Gasteiger partial charge in [0.25, 0.3) is 0 Å². The van der Waals surface area contributed by atoms with Crippen LogP contribution in [0.2, 0.25) is 5.02 Å². The van der Waals surface area contributed by atoms with E-state index < -0.39 is 15.7 Å². The van der Waals surface area contributed by atoms with Crippen molar-refractivity contribution in [2.24, 2.45) is 0 Å². The second kappa shape index (κ2) is 7.06. The Morgan fingerprint density at radius 3 is 2.16 bits per heavy atom. The van der Waals surface area contributed by atoms with Crippen molar-refractivity contribution in [1.29, 1.82) is 0 Å². The first-order valence-corrected chi connectivity index (χ1v) is 10.1. The van der Waals surface area contributed by atoms with Crippen molar-refractivity contribution in [2.75, 3.05) is 13.1 Å². The van der Waals surface area contributed by atoms with Gasteiger partial charge in [-0.1, -0.05) is 41.4 Å². The molecule has 0 aliphatic carbocycles. The van der Waals surface area contributed by atoms with E-state index in [2.05, 4.69) is 0 Å². The lowest BCUT2D eigenvalue weighted by atomic mass is 9.88. The van der Waals surface area contributed by atoms with Gasteiger partial charge in [0.2, 0.25) is 10.0 Å². The van der Waals surface area contributed by atoms with E-state index >= 15 is 4.39 Å². The summed E-state index contributed by atoms with van der Waals surface area (Å²) < 4.78 is 41.9. The molecule has 2 aromatic carbocycles. The van der Waals surface area contributed by atoms with Gasteiger partial charge in [0.15, 0.2) is 0 Å². The predicted octanol–water partition coefficient (Wildman–Crippen LogP) is 4.38. The van der Waals surface area contributed by atoms with Gasteiger partial charge in [-0.25, -0.2) is 12.8 Å². The third-order valence-corrected chi connectivity index (χ3v) is 6.88. The van der Waals surface area contributed by atoms with E-state index in [0.717, 1.165) is 11.1 Å². The minimum Gasteiger partial charge on any atom is -0.243 e. The summed E-state index contributed by atoms with van der Waals surface area (Å²) in [5, 5.41) is 0.621. The normalized spacial score (nSPS) is 18.2. The summed E-state index contributed by atoms with van der Waals surface area (Å²) in [6, 6.07) is 13.9. The molecular formula is C19H21ClFNO2S. The molecule has 1 aliphatic rings. The molecule has 0 aromatic heterocycles. The monoisotopic (exact) mass is 381 g/mol. The Morgan fingerprint density at radius 2 is 1.60 bits per heavy atom. The van der Waals surface area contributed by atoms with Crippen LogP contribution in [0.5, 0.6) is 0 Å². The van der Waals surface area contributed by atoms with E-state index in [9.17, 15) is 8.42 Å². The second-order valence-electron chi connectivity index (χ2n) is 6.67. The summed E-state index contributed by atoms with van der Waals surface area (Å²) in [4.78, 5) is 0.266. The van der Waals surface area contributed by atoms with Crippen molar-refractivity contribution in [1.82, 2.24) is 4.31 Å². The van der Waals surface area contributed by atoms with Gasteiger partial charge in [-0.05, 0) is 49.6 Å². The van der Waals surface area contributed by atoms with Crippen molar-refractivity contribution in [3.05, 3.63) is 64.7 Å². The second-order valence-corrected chi connectivity index (χ2v) is 9.05. The fraction of sp³-hybridized carbons (Fsp3) is 0.368. The van der Waals surface area contributed by atoms with Crippen LogP contribution in [-0.4, -0.2) is 31.5 Å². The molecule has 1 aliphatic heterocycles. The Kier molecular flexibility index (Phi) is 5.19. The Morgan fingerprint density at radius 1 is 1.04 bits per heavy atom. The quantitative estimate of drug-likeness (QED) is 0.787. The maximum atomic E-state index is 15.1. The van der Waals surface area contributed by atoms with Gasteiger partial charge < -0.3 is 0 Å². The zero-order valence-corrected chi connectivity index (χ0v) is 15.7. The number of sulfonamides is 1. The number of benzene rings is 2. The van der Waals surface area contributed by atoms with Crippen molar-refractivity contribution in [3.8, 4) is 0 Å². The molecular weight excluding hydrogens is 361 g/mol. The summed E-state index contributed by atoms with van der Waals surface area (Å²) in [5.41, 5.74) is 0.498. The molecule has 1 fully saturated rings. The number of hydrogen-bond donors (Lipinski definition) is 0. The third-order valence-electron chi connectivity index (χ3n) is 4.71. The summed E-state index contributed by atoms with van der Waals surface area (Å²) in [7, 11) is -3.56. The number of rotatable bonds is 4. The Balaban J connectivity index is 1.68. The van der Waals surface area contributed by atoms with Crippen LogP contribution in [0.3, 0.4) is 0 Å². The molecule has 0 atom stereocenters. The zero-order valence-electron chi connectivity index (χ0n) is 14.1. The first-order valence-electron chi connectivity index (χ1n) is 8.29. The van der Waals surface area contributed by atoms with E-state index in [1.807, 2.05) is 19.1 Å². The number of halogens is 2. The van der Waals surface area contributed by atoms with Gasteiger partial charge in [-0.3, -0.25) is 0 Å². The number of nitrogens with zero attached hydrogens (tertiary/aromatic N) is 1. The summed E-state index contributed by atoms with van der Waals surface area (Å²) in [6.45, 7) is 2.30. The molecule has 25 heavy (non-hydrogen) atoms. The van der Waals surface area contributed by atoms with Crippen LogP contribution in [0.4, 0.5) is 4.39 Å². The smallest absolute Gasteiger partial charge is 0.243 e. The number of alkyl halides is 1. The fourth-order valence-electron chi connectivity index (χ4n) is 3.13. The molecule has 134 valence electrons. The van der Waals surface area contributed by atoms with Gasteiger partial charge >= 0.3 is 0 Å². The maximum Gasteiger partial charge on any atom is 0.243 e. The fourth-order valence-corrected chi connectivity index (χ4v) is 4.70. The van der Waals surface area contributed by atoms with Crippen LogP contribution in [0.15, 0.2) is 53.4 Å². The van der Waals surface area contributed by atoms with E-state index in [1.165, 1.54) is 4.31 Å². The molecule has 0 radical (unpaired) electrons. The van der Waals surface area contributed by atoms with Gasteiger partial charge in [0.1, 0.15) is 5.67 Å². The molecule has 0 N–H and O–H groups in total. The van der Waals surface area contributed by atoms with E-state index in [1.54, 1.807) is 36.4 Å². The highest BCUT2D eigenvalue weighted by Crippen LogP contribution is 2.33. The summed E-state index contributed by atoms with van der Waals surface area (Å²) in [6.07, 6.45) is 0.671. The van der Waals surface area contributed by atoms with Gasteiger partial charge in [-0.15, -0.1) is 0 Å². The average Bonchev–Trinajstić information content (AvgIpc) is 2.58. The first-order chi connectivity index (χ1) is 11.8. The topological polar surface area (TPSA) is 37.4 Å². The summed E-state index contributed by atoms with van der Waals surface area (Å²) in [5.74, 6) is 0. The van der Waals surface area contributed by atoms with E-state index in [-0.39, 0.29) is 37.2 Å². The average molecular weight is 382 g/mol. The lowest BCUT2D eigenvalue weighted by Gasteiger charge is -2.35. The Bertz CT molecular complexity index is 827. The van der Waals surface area contributed by atoms with Crippen molar-refractivity contribution >= 4 is 21.6 Å². The molecule has 2 aromatic rings. The minimum absolute atomic E-state index is 0.195. The van der Waals surface area contributed by atoms with Crippen LogP contribution >= 0.6 is 11.6 Å². The van der Waals surface area contributed by atoms with Gasteiger partial charge in [-0.2, -0.15) is 4.31 Å². The highest BCUT2D eigenvalue weighted by molar-refractivity contribution is 7.89. The molecule has 0 unspecified atom stereocenters. The molecule has 0 amide bonds. The van der Waals surface area contributed by atoms with Crippen LogP contribution < -0.4 is 0 Å². The molecule has 0 saturated carbocycles. The zero-order chi connectivity index (χ0) is 18.1. The molecule has 3 rings (SSSR count). The van der Waals surface area contributed by atoms with Crippen LogP contribution in [0, 0.1) is 6.92 Å². The number of hydrogen-bond acceptors (Lipinski definition) is 2. The SMILES string of the molecule is Cc1ccc(S(=O)(=O)N2CCC(F)(Cc3ccc(Cl)cc3)CC2)cc1. The molecule has 0 bridgehead atoms. The highest BCUT2D eigenvalue weighted by atomic mass is 35.5. The van der Waals surface area contributed by atoms with Crippen LogP contribution in [0.1, 0.15) is 24.0 Å². The maximum absolute atomic E-state index is 15.1. The molecule has 3 nitrogen and oxygen atoms in total. The predicted molar refractivity (Wildman–Crippen MR) is 98.2 cm³/mol. The number of piperidine rings is 1. The van der Waals surface area contributed by atoms with Crippen molar-refractivity contribution < 1.29 is 12.8 Å². The van der Waals surface area contributed by atoms with E-state index in [4.69, 9.17) is 11.6 Å². The lowest BCUT2D eigenvalue weighted by Crippen LogP contribution is -2.45. The van der Waals surface area contributed by atoms with Gasteiger partial charge in [0.05, 0.1) is 4.90 Å². The molecule has 1 heterocycles. The Labute approximate surface area is 153 Å². The van der Waals surface area contributed by atoms with Crippen LogP contribution in [-0.2, 0) is 16.4 Å². The molecule has 1 saturated heterocycles. The van der Waals surface area contributed by atoms with E-state index in [0.29, 0.717) is 5.02 Å². The molecule has 6 heteroatoms. The minimum atomic E-state index is -3.56. The molecule has 0 spiro atoms. The van der Waals surface area contributed by atoms with Crippen LogP contribution in [0.25, 0.3) is 0 Å². The lowest BCUT2D eigenvalue weighted by molar-refractivity contribution is 0.0889. The van der Waals surface area contributed by atoms with Crippen molar-refractivity contribution in [3.63, 3.8) is 0 Å². The Hall–Kier alpha value is -1.43.